The maximum atomic E-state index is 14.0. The quantitative estimate of drug-likeness (QED) is 0.492. The zero-order valence-electron chi connectivity index (χ0n) is 19.4. The van der Waals surface area contributed by atoms with E-state index in [-0.39, 0.29) is 23.5 Å². The number of hydrogen-bond acceptors (Lipinski definition) is 5. The van der Waals surface area contributed by atoms with Crippen molar-refractivity contribution < 1.29 is 9.18 Å². The summed E-state index contributed by atoms with van der Waals surface area (Å²) < 4.78 is 15.8. The van der Waals surface area contributed by atoms with E-state index in [1.807, 2.05) is 28.8 Å². The summed E-state index contributed by atoms with van der Waals surface area (Å²) in [5.74, 6) is -0.419. The minimum Gasteiger partial charge on any atom is -0.371 e. The standard InChI is InChI=1S/C26H25FN6O2/c1-16-19-9-14-32(22(19)5-4-20(16)27)25(34)21-15-18(6-11-28-21)31-12-7-17(8-13-31)33-23-3-2-10-29-24(23)30-26(33)35/h2-6,10-11,15,17H,7-9,12-14H2,1H3,(H,29,30,35). The number of amides is 1. The number of pyridine rings is 2. The molecule has 0 radical (unpaired) electrons. The monoisotopic (exact) mass is 472 g/mol. The Balaban J connectivity index is 1.20. The number of nitrogens with one attached hydrogen (secondary N) is 1. The molecule has 0 aliphatic carbocycles. The fourth-order valence-corrected chi connectivity index (χ4v) is 5.41. The molecule has 0 bridgehead atoms. The summed E-state index contributed by atoms with van der Waals surface area (Å²) in [4.78, 5) is 41.2. The predicted molar refractivity (Wildman–Crippen MR) is 132 cm³/mol. The van der Waals surface area contributed by atoms with Gasteiger partial charge in [-0.15, -0.1) is 0 Å². The molecule has 1 N–H and O–H groups in total. The lowest BCUT2D eigenvalue weighted by molar-refractivity contribution is 0.0984. The van der Waals surface area contributed by atoms with Gasteiger partial charge in [0.15, 0.2) is 5.65 Å². The summed E-state index contributed by atoms with van der Waals surface area (Å²) in [7, 11) is 0. The van der Waals surface area contributed by atoms with Gasteiger partial charge in [-0.25, -0.2) is 14.2 Å². The van der Waals surface area contributed by atoms with Crippen molar-refractivity contribution in [3.05, 3.63) is 81.9 Å². The molecule has 0 atom stereocenters. The zero-order valence-corrected chi connectivity index (χ0v) is 19.4. The molecular weight excluding hydrogens is 447 g/mol. The van der Waals surface area contributed by atoms with Crippen molar-refractivity contribution >= 4 is 28.4 Å². The lowest BCUT2D eigenvalue weighted by Gasteiger charge is -2.34. The van der Waals surface area contributed by atoms with Gasteiger partial charge < -0.3 is 9.80 Å². The second-order valence-electron chi connectivity index (χ2n) is 9.17. The van der Waals surface area contributed by atoms with E-state index in [0.717, 1.165) is 48.4 Å². The number of carbonyl (C=O) groups excluding carboxylic acids is 1. The maximum Gasteiger partial charge on any atom is 0.327 e. The molecule has 1 saturated heterocycles. The van der Waals surface area contributed by atoms with Gasteiger partial charge in [-0.05, 0) is 73.7 Å². The topological polar surface area (TPSA) is 87.1 Å². The van der Waals surface area contributed by atoms with Crippen molar-refractivity contribution in [3.8, 4) is 0 Å². The molecule has 1 aromatic carbocycles. The number of aromatic nitrogens is 4. The number of imidazole rings is 1. The molecule has 4 aromatic rings. The van der Waals surface area contributed by atoms with Crippen LogP contribution in [-0.2, 0) is 6.42 Å². The molecule has 0 unspecified atom stereocenters. The SMILES string of the molecule is Cc1c(F)ccc2c1CCN2C(=O)c1cc(N2CCC(n3c(=O)[nH]c4ncccc43)CC2)ccn1. The van der Waals surface area contributed by atoms with Gasteiger partial charge in [0.2, 0.25) is 0 Å². The van der Waals surface area contributed by atoms with Gasteiger partial charge in [-0.3, -0.25) is 19.3 Å². The highest BCUT2D eigenvalue weighted by Crippen LogP contribution is 2.33. The first kappa shape index (κ1) is 21.5. The molecule has 3 aromatic heterocycles. The lowest BCUT2D eigenvalue weighted by atomic mass is 10.0. The van der Waals surface area contributed by atoms with Crippen molar-refractivity contribution in [1.29, 1.82) is 0 Å². The first-order chi connectivity index (χ1) is 17.0. The minimum atomic E-state index is -0.243. The number of fused-ring (bicyclic) bond motifs is 2. The van der Waals surface area contributed by atoms with Gasteiger partial charge in [0.25, 0.3) is 5.91 Å². The Hall–Kier alpha value is -4.01. The Morgan fingerprint density at radius 1 is 1.09 bits per heavy atom. The van der Waals surface area contributed by atoms with Crippen LogP contribution >= 0.6 is 0 Å². The van der Waals surface area contributed by atoms with E-state index in [0.29, 0.717) is 29.9 Å². The van der Waals surface area contributed by atoms with E-state index in [1.54, 1.807) is 30.3 Å². The van der Waals surface area contributed by atoms with E-state index in [2.05, 4.69) is 19.9 Å². The van der Waals surface area contributed by atoms with Gasteiger partial charge in [-0.1, -0.05) is 0 Å². The number of anilines is 2. The van der Waals surface area contributed by atoms with E-state index in [1.165, 1.54) is 6.07 Å². The smallest absolute Gasteiger partial charge is 0.327 e. The number of nitrogens with zero attached hydrogens (tertiary/aromatic N) is 5. The Morgan fingerprint density at radius 2 is 1.91 bits per heavy atom. The summed E-state index contributed by atoms with van der Waals surface area (Å²) in [5, 5.41) is 0. The first-order valence-corrected chi connectivity index (χ1v) is 11.9. The molecular formula is C26H25FN6O2. The number of piperidine rings is 1. The van der Waals surface area contributed by atoms with Crippen molar-refractivity contribution in [2.45, 2.75) is 32.2 Å². The highest BCUT2D eigenvalue weighted by molar-refractivity contribution is 6.06. The highest BCUT2D eigenvalue weighted by atomic mass is 19.1. The van der Waals surface area contributed by atoms with E-state index < -0.39 is 0 Å². The number of hydrogen-bond donors (Lipinski definition) is 1. The van der Waals surface area contributed by atoms with Crippen molar-refractivity contribution in [1.82, 2.24) is 19.5 Å². The van der Waals surface area contributed by atoms with Crippen LogP contribution in [0.2, 0.25) is 0 Å². The first-order valence-electron chi connectivity index (χ1n) is 11.9. The molecule has 2 aliphatic heterocycles. The average Bonchev–Trinajstić information content (AvgIpc) is 3.47. The number of H-pyrrole nitrogens is 1. The number of rotatable bonds is 3. The number of carbonyl (C=O) groups is 1. The van der Waals surface area contributed by atoms with E-state index in [9.17, 15) is 14.0 Å². The average molecular weight is 473 g/mol. The highest BCUT2D eigenvalue weighted by Gasteiger charge is 2.29. The fraction of sp³-hybridized carbons (Fsp3) is 0.308. The van der Waals surface area contributed by atoms with Gasteiger partial charge in [-0.2, -0.15) is 0 Å². The molecule has 8 nitrogen and oxygen atoms in total. The molecule has 6 rings (SSSR count). The van der Waals surface area contributed by atoms with Gasteiger partial charge in [0.1, 0.15) is 11.5 Å². The van der Waals surface area contributed by atoms with Crippen LogP contribution in [0.1, 0.15) is 40.5 Å². The maximum absolute atomic E-state index is 14.0. The fourth-order valence-electron chi connectivity index (χ4n) is 5.41. The Kier molecular flexibility index (Phi) is 5.12. The lowest BCUT2D eigenvalue weighted by Crippen LogP contribution is -2.37. The van der Waals surface area contributed by atoms with Gasteiger partial charge in [0, 0.05) is 49.4 Å². The minimum absolute atomic E-state index is 0.0874. The second-order valence-corrected chi connectivity index (χ2v) is 9.17. The third-order valence-electron chi connectivity index (χ3n) is 7.28. The Labute approximate surface area is 201 Å². The van der Waals surface area contributed by atoms with Crippen LogP contribution in [0.25, 0.3) is 11.2 Å². The summed E-state index contributed by atoms with van der Waals surface area (Å²) in [6, 6.07) is 10.7. The van der Waals surface area contributed by atoms with Crippen LogP contribution in [0, 0.1) is 12.7 Å². The van der Waals surface area contributed by atoms with Crippen LogP contribution in [0.15, 0.2) is 53.6 Å². The molecule has 35 heavy (non-hydrogen) atoms. The van der Waals surface area contributed by atoms with Crippen LogP contribution in [-0.4, -0.2) is 45.1 Å². The van der Waals surface area contributed by atoms with Crippen molar-refractivity contribution in [2.75, 3.05) is 29.4 Å². The van der Waals surface area contributed by atoms with Crippen LogP contribution in [0.5, 0.6) is 0 Å². The molecule has 0 saturated carbocycles. The molecule has 1 fully saturated rings. The summed E-state index contributed by atoms with van der Waals surface area (Å²) in [6.07, 6.45) is 5.58. The largest absolute Gasteiger partial charge is 0.371 e. The zero-order chi connectivity index (χ0) is 24.1. The second kappa shape index (κ2) is 8.33. The third kappa shape index (κ3) is 3.58. The number of aromatic amines is 1. The summed E-state index contributed by atoms with van der Waals surface area (Å²) >= 11 is 0. The molecule has 1 amide bonds. The van der Waals surface area contributed by atoms with Crippen LogP contribution in [0.4, 0.5) is 15.8 Å². The van der Waals surface area contributed by atoms with E-state index >= 15 is 0 Å². The molecule has 5 heterocycles. The molecule has 2 aliphatic rings. The van der Waals surface area contributed by atoms with Crippen LogP contribution in [0.3, 0.4) is 0 Å². The van der Waals surface area contributed by atoms with Crippen molar-refractivity contribution in [3.63, 3.8) is 0 Å². The Bertz CT molecular complexity index is 1500. The third-order valence-corrected chi connectivity index (χ3v) is 7.28. The molecule has 9 heteroatoms. The van der Waals surface area contributed by atoms with Gasteiger partial charge in [0.05, 0.1) is 5.52 Å². The predicted octanol–water partition coefficient (Wildman–Crippen LogP) is 3.61. The summed E-state index contributed by atoms with van der Waals surface area (Å²) in [5.41, 5.74) is 4.87. The number of halogens is 1. The molecule has 178 valence electrons. The van der Waals surface area contributed by atoms with Crippen LogP contribution < -0.4 is 15.5 Å². The summed E-state index contributed by atoms with van der Waals surface area (Å²) in [6.45, 7) is 3.79. The Morgan fingerprint density at radius 3 is 2.74 bits per heavy atom. The number of benzene rings is 1. The van der Waals surface area contributed by atoms with Crippen molar-refractivity contribution in [2.24, 2.45) is 0 Å². The molecule has 0 spiro atoms. The normalized spacial score (nSPS) is 16.2. The van der Waals surface area contributed by atoms with E-state index in [4.69, 9.17) is 0 Å². The van der Waals surface area contributed by atoms with Gasteiger partial charge >= 0.3 is 5.69 Å².